The number of nitrogens with one attached hydrogen (secondary N) is 1. The summed E-state index contributed by atoms with van der Waals surface area (Å²) in [6.45, 7) is 0. The largest absolute Gasteiger partial charge is 0.505 e. The lowest BCUT2D eigenvalue weighted by Crippen LogP contribution is -2.21. The van der Waals surface area contributed by atoms with E-state index in [0.717, 1.165) is 22.1 Å². The number of azo groups is 1. The maximum atomic E-state index is 13.3. The average Bonchev–Trinajstić information content (AvgIpc) is 3.08. The van der Waals surface area contributed by atoms with Crippen LogP contribution in [0.5, 0.6) is 5.75 Å². The van der Waals surface area contributed by atoms with Gasteiger partial charge in [0.1, 0.15) is 11.2 Å². The first-order valence-corrected chi connectivity index (χ1v) is 14.5. The lowest BCUT2D eigenvalue weighted by Gasteiger charge is -2.23. The molecule has 1 aliphatic rings. The second-order valence-electron chi connectivity index (χ2n) is 10.6. The minimum absolute atomic E-state index is 0.128. The summed E-state index contributed by atoms with van der Waals surface area (Å²) in [5.74, 6) is -0.644. The van der Waals surface area contributed by atoms with Gasteiger partial charge in [-0.15, -0.1) is 0 Å². The molecule has 6 rings (SSSR count). The van der Waals surface area contributed by atoms with Gasteiger partial charge in [-0.2, -0.15) is 10.2 Å². The predicted octanol–water partition coefficient (Wildman–Crippen LogP) is 9.93. The molecule has 0 saturated heterocycles. The van der Waals surface area contributed by atoms with Gasteiger partial charge in [0.15, 0.2) is 5.75 Å². The quantitative estimate of drug-likeness (QED) is 0.181. The van der Waals surface area contributed by atoms with Gasteiger partial charge >= 0.3 is 0 Å². The number of hydrogen-bond donors (Lipinski definition) is 2. The van der Waals surface area contributed by atoms with E-state index in [4.69, 9.17) is 5.11 Å². The van der Waals surface area contributed by atoms with Crippen molar-refractivity contribution in [3.8, 4) is 5.75 Å². The van der Waals surface area contributed by atoms with Crippen LogP contribution in [-0.4, -0.2) is 16.6 Å². The van der Waals surface area contributed by atoms with Crippen LogP contribution in [0.2, 0.25) is 0 Å². The van der Waals surface area contributed by atoms with Gasteiger partial charge in [-0.05, 0) is 40.3 Å². The topological polar surface area (TPSA) is 74.0 Å². The molecule has 0 aromatic heterocycles. The third kappa shape index (κ3) is 6.63. The zero-order valence-corrected chi connectivity index (χ0v) is 24.0. The zero-order chi connectivity index (χ0) is 30.2. The number of anilines is 1. The van der Waals surface area contributed by atoms with Crippen molar-refractivity contribution < 1.29 is 9.90 Å². The number of para-hydroxylation sites is 1. The van der Waals surface area contributed by atoms with Gasteiger partial charge < -0.3 is 10.4 Å². The van der Waals surface area contributed by atoms with E-state index >= 15 is 0 Å². The Morgan fingerprint density at radius 3 is 2.09 bits per heavy atom. The molecule has 1 aliphatic carbocycles. The number of rotatable bonds is 8. The van der Waals surface area contributed by atoms with Crippen LogP contribution in [0.3, 0.4) is 0 Å². The van der Waals surface area contributed by atoms with Crippen molar-refractivity contribution in [1.29, 1.82) is 0 Å². The number of allylic oxidation sites excluding steroid dienone is 3. The summed E-state index contributed by atoms with van der Waals surface area (Å²) in [5.41, 5.74) is 3.46. The standard InChI is InChI=1S/C39H31N3O2/c43-37-35(38(44)40-33-17-8-3-9-18-33)28-32-16-10-11-19-34(32)36(37)41-42-39(25-22-30-14-6-2-7-15-30)26-23-31(24-27-39)21-20-29-12-4-1-5-13-29/h1-26,28,43H,27H2,(H,40,44)/b21-20+,25-22+,42-41+. The molecule has 1 unspecified atom stereocenters. The molecule has 0 saturated carbocycles. The number of nitrogens with zero attached hydrogens (tertiary/aromatic N) is 2. The first kappa shape index (κ1) is 28.3. The van der Waals surface area contributed by atoms with Gasteiger partial charge in [0, 0.05) is 17.5 Å². The second-order valence-corrected chi connectivity index (χ2v) is 10.6. The van der Waals surface area contributed by atoms with E-state index < -0.39 is 11.4 Å². The number of carbonyl (C=O) groups is 1. The lowest BCUT2D eigenvalue weighted by molar-refractivity contribution is 0.102. The fourth-order valence-corrected chi connectivity index (χ4v) is 5.03. The van der Waals surface area contributed by atoms with Crippen LogP contribution in [-0.2, 0) is 0 Å². The molecule has 2 N–H and O–H groups in total. The van der Waals surface area contributed by atoms with Crippen molar-refractivity contribution in [3.05, 3.63) is 174 Å². The molecule has 0 bridgehead atoms. The van der Waals surface area contributed by atoms with Crippen molar-refractivity contribution >= 4 is 40.2 Å². The highest BCUT2D eigenvalue weighted by molar-refractivity contribution is 6.11. The highest BCUT2D eigenvalue weighted by Crippen LogP contribution is 2.40. The maximum absolute atomic E-state index is 13.3. The molecule has 5 nitrogen and oxygen atoms in total. The molecule has 0 fully saturated rings. The molecule has 44 heavy (non-hydrogen) atoms. The van der Waals surface area contributed by atoms with Crippen molar-refractivity contribution in [2.75, 3.05) is 5.32 Å². The SMILES string of the molecule is O=C(Nc1ccccc1)c1cc2ccccc2c(/N=N/C2(/C=C/c3ccccc3)C=CC(/C=C/c3ccccc3)=CC2)c1O. The highest BCUT2D eigenvalue weighted by Gasteiger charge is 2.26. The van der Waals surface area contributed by atoms with Crippen LogP contribution in [0.25, 0.3) is 22.9 Å². The van der Waals surface area contributed by atoms with E-state index in [-0.39, 0.29) is 17.0 Å². The van der Waals surface area contributed by atoms with Crippen LogP contribution in [0.1, 0.15) is 27.9 Å². The Bertz CT molecular complexity index is 1920. The first-order chi connectivity index (χ1) is 21.6. The van der Waals surface area contributed by atoms with E-state index in [1.807, 2.05) is 115 Å². The molecule has 0 spiro atoms. The number of phenolic OH excluding ortho intramolecular Hbond substituents is 1. The number of aromatic hydroxyl groups is 1. The van der Waals surface area contributed by atoms with E-state index in [1.165, 1.54) is 0 Å². The Labute approximate surface area is 256 Å². The molecule has 5 heteroatoms. The smallest absolute Gasteiger partial charge is 0.259 e. The number of hydrogen-bond acceptors (Lipinski definition) is 4. The average molecular weight is 574 g/mol. The molecule has 214 valence electrons. The van der Waals surface area contributed by atoms with E-state index in [1.54, 1.807) is 18.2 Å². The van der Waals surface area contributed by atoms with E-state index in [9.17, 15) is 9.90 Å². The highest BCUT2D eigenvalue weighted by atomic mass is 16.3. The Hall–Kier alpha value is -5.81. The fourth-order valence-electron chi connectivity index (χ4n) is 5.03. The summed E-state index contributed by atoms with van der Waals surface area (Å²) in [7, 11) is 0. The lowest BCUT2D eigenvalue weighted by atomic mass is 9.88. The number of carbonyl (C=O) groups excluding carboxylic acids is 1. The Morgan fingerprint density at radius 2 is 1.41 bits per heavy atom. The molecule has 0 heterocycles. The van der Waals surface area contributed by atoms with E-state index in [0.29, 0.717) is 17.5 Å². The van der Waals surface area contributed by atoms with Gasteiger partial charge in [-0.1, -0.05) is 146 Å². The summed E-state index contributed by atoms with van der Waals surface area (Å²) in [6, 6.07) is 38.6. The molecule has 5 aromatic carbocycles. The first-order valence-electron chi connectivity index (χ1n) is 14.5. The minimum Gasteiger partial charge on any atom is -0.505 e. The predicted molar refractivity (Wildman–Crippen MR) is 180 cm³/mol. The maximum Gasteiger partial charge on any atom is 0.259 e. The van der Waals surface area contributed by atoms with Gasteiger partial charge in [0.05, 0.1) is 5.56 Å². The summed E-state index contributed by atoms with van der Waals surface area (Å²) in [6.07, 6.45) is 15.0. The minimum atomic E-state index is -0.796. The van der Waals surface area contributed by atoms with Crippen LogP contribution in [0, 0.1) is 0 Å². The van der Waals surface area contributed by atoms with Gasteiger partial charge in [-0.25, -0.2) is 0 Å². The second kappa shape index (κ2) is 13.0. The third-order valence-corrected chi connectivity index (χ3v) is 7.47. The number of benzene rings is 5. The van der Waals surface area contributed by atoms with Gasteiger partial charge in [-0.3, -0.25) is 4.79 Å². The van der Waals surface area contributed by atoms with Crippen LogP contribution >= 0.6 is 0 Å². The van der Waals surface area contributed by atoms with E-state index in [2.05, 4.69) is 40.8 Å². The molecule has 1 atom stereocenters. The molecule has 0 radical (unpaired) electrons. The number of amides is 1. The molecule has 0 aliphatic heterocycles. The number of phenols is 1. The summed E-state index contributed by atoms with van der Waals surface area (Å²) in [5, 5.41) is 25.2. The molecule has 1 amide bonds. The molecular weight excluding hydrogens is 542 g/mol. The van der Waals surface area contributed by atoms with Crippen molar-refractivity contribution in [2.24, 2.45) is 10.2 Å². The normalized spacial score (nSPS) is 16.6. The number of fused-ring (bicyclic) bond motifs is 1. The fraction of sp³-hybridized carbons (Fsp3) is 0.0513. The van der Waals surface area contributed by atoms with Crippen LogP contribution in [0.15, 0.2) is 168 Å². The zero-order valence-electron chi connectivity index (χ0n) is 24.0. The summed E-state index contributed by atoms with van der Waals surface area (Å²) >= 11 is 0. The third-order valence-electron chi connectivity index (χ3n) is 7.47. The van der Waals surface area contributed by atoms with Crippen molar-refractivity contribution in [1.82, 2.24) is 0 Å². The summed E-state index contributed by atoms with van der Waals surface area (Å²) < 4.78 is 0. The van der Waals surface area contributed by atoms with Crippen LogP contribution in [0.4, 0.5) is 11.4 Å². The van der Waals surface area contributed by atoms with Crippen molar-refractivity contribution in [3.63, 3.8) is 0 Å². The Kier molecular flexibility index (Phi) is 8.37. The molecule has 5 aromatic rings. The van der Waals surface area contributed by atoms with Crippen molar-refractivity contribution in [2.45, 2.75) is 12.0 Å². The summed E-state index contributed by atoms with van der Waals surface area (Å²) in [4.78, 5) is 13.3. The monoisotopic (exact) mass is 573 g/mol. The Balaban J connectivity index is 1.36. The van der Waals surface area contributed by atoms with Gasteiger partial charge in [0.2, 0.25) is 0 Å². The Morgan fingerprint density at radius 1 is 0.773 bits per heavy atom. The molecular formula is C39H31N3O2. The van der Waals surface area contributed by atoms with Crippen LogP contribution < -0.4 is 5.32 Å². The van der Waals surface area contributed by atoms with Gasteiger partial charge in [0.25, 0.3) is 5.91 Å².